The molecule has 0 spiro atoms. The van der Waals surface area contributed by atoms with Crippen LogP contribution in [0.2, 0.25) is 0 Å². The van der Waals surface area contributed by atoms with Crippen LogP contribution in [-0.2, 0) is 10.0 Å². The Morgan fingerprint density at radius 1 is 1.07 bits per heavy atom. The van der Waals surface area contributed by atoms with Crippen LogP contribution in [0.25, 0.3) is 0 Å². The summed E-state index contributed by atoms with van der Waals surface area (Å²) >= 11 is 0. The van der Waals surface area contributed by atoms with Crippen LogP contribution < -0.4 is 15.8 Å². The zero-order valence-electron chi connectivity index (χ0n) is 16.1. The van der Waals surface area contributed by atoms with Crippen LogP contribution >= 0.6 is 0 Å². The minimum Gasteiger partial charge on any atom is -0.492 e. The molecule has 3 N–H and O–H groups in total. The van der Waals surface area contributed by atoms with Crippen LogP contribution in [0.4, 0.5) is 5.69 Å². The molecule has 154 valence electrons. The molecular weight excluding hydrogens is 394 g/mol. The molecule has 3 rings (SSSR count). The van der Waals surface area contributed by atoms with E-state index in [1.165, 1.54) is 34.6 Å². The molecular formula is C20H23N3O5S. The molecule has 29 heavy (non-hydrogen) atoms. The molecule has 0 bridgehead atoms. The number of hydrogen-bond donors (Lipinski definition) is 2. The molecule has 2 amide bonds. The third kappa shape index (κ3) is 4.57. The summed E-state index contributed by atoms with van der Waals surface area (Å²) in [5.41, 5.74) is 6.17. The Bertz CT molecular complexity index is 1010. The molecule has 0 saturated carbocycles. The molecule has 0 atom stereocenters. The van der Waals surface area contributed by atoms with Gasteiger partial charge in [-0.25, -0.2) is 8.42 Å². The van der Waals surface area contributed by atoms with Crippen molar-refractivity contribution in [2.75, 3.05) is 25.0 Å². The molecule has 1 aliphatic heterocycles. The van der Waals surface area contributed by atoms with Crippen molar-refractivity contribution in [3.8, 4) is 5.75 Å². The van der Waals surface area contributed by atoms with Gasteiger partial charge in [-0.05, 0) is 62.2 Å². The van der Waals surface area contributed by atoms with Gasteiger partial charge in [-0.3, -0.25) is 9.59 Å². The van der Waals surface area contributed by atoms with E-state index in [1.54, 1.807) is 19.1 Å². The van der Waals surface area contributed by atoms with Gasteiger partial charge in [0.15, 0.2) is 0 Å². The number of nitrogens with one attached hydrogen (secondary N) is 1. The van der Waals surface area contributed by atoms with Gasteiger partial charge < -0.3 is 15.8 Å². The lowest BCUT2D eigenvalue weighted by atomic mass is 10.1. The Hall–Kier alpha value is -2.91. The van der Waals surface area contributed by atoms with Crippen molar-refractivity contribution in [3.63, 3.8) is 0 Å². The second kappa shape index (κ2) is 8.62. The van der Waals surface area contributed by atoms with Gasteiger partial charge in [0.05, 0.1) is 6.61 Å². The monoisotopic (exact) mass is 417 g/mol. The van der Waals surface area contributed by atoms with E-state index in [2.05, 4.69) is 5.32 Å². The maximum atomic E-state index is 13.0. The first kappa shape index (κ1) is 20.8. The van der Waals surface area contributed by atoms with E-state index >= 15 is 0 Å². The van der Waals surface area contributed by atoms with Crippen LogP contribution in [0.1, 0.15) is 40.5 Å². The molecule has 1 saturated heterocycles. The Labute approximate surface area is 169 Å². The average Bonchev–Trinajstić information content (AvgIpc) is 3.24. The van der Waals surface area contributed by atoms with E-state index in [4.69, 9.17) is 10.5 Å². The van der Waals surface area contributed by atoms with Gasteiger partial charge in [0.25, 0.3) is 5.91 Å². The Morgan fingerprint density at radius 2 is 1.69 bits per heavy atom. The highest BCUT2D eigenvalue weighted by Gasteiger charge is 2.30. The van der Waals surface area contributed by atoms with Crippen LogP contribution in [-0.4, -0.2) is 44.2 Å². The van der Waals surface area contributed by atoms with Gasteiger partial charge in [0.2, 0.25) is 15.9 Å². The molecule has 2 aromatic carbocycles. The maximum absolute atomic E-state index is 13.0. The molecule has 2 aromatic rings. The van der Waals surface area contributed by atoms with Crippen molar-refractivity contribution in [3.05, 3.63) is 53.6 Å². The molecule has 0 aromatic heterocycles. The predicted octanol–water partition coefficient (Wildman–Crippen LogP) is 2.22. The van der Waals surface area contributed by atoms with E-state index < -0.39 is 21.8 Å². The normalized spacial score (nSPS) is 14.5. The second-order valence-electron chi connectivity index (χ2n) is 6.60. The van der Waals surface area contributed by atoms with Crippen LogP contribution in [0.3, 0.4) is 0 Å². The molecule has 1 aliphatic rings. The first-order valence-corrected chi connectivity index (χ1v) is 10.7. The molecule has 8 nitrogen and oxygen atoms in total. The summed E-state index contributed by atoms with van der Waals surface area (Å²) in [6.07, 6.45) is 1.62. The number of sulfonamides is 1. The number of ether oxygens (including phenoxy) is 1. The zero-order valence-corrected chi connectivity index (χ0v) is 16.9. The standard InChI is InChI=1S/C20H23N3O5S/c1-2-28-17-10-7-15(13-18(17)29(26,27)23-11-3-4-12-23)20(25)22-16-8-5-14(6-9-16)19(21)24/h5-10,13H,2-4,11-12H2,1H3,(H2,21,24)(H,22,25). The van der Waals surface area contributed by atoms with Gasteiger partial charge in [0, 0.05) is 29.9 Å². The number of rotatable bonds is 7. The molecule has 0 aliphatic carbocycles. The number of benzene rings is 2. The number of amides is 2. The summed E-state index contributed by atoms with van der Waals surface area (Å²) < 4.78 is 33.0. The smallest absolute Gasteiger partial charge is 0.255 e. The number of carbonyl (C=O) groups is 2. The number of hydrogen-bond acceptors (Lipinski definition) is 5. The van der Waals surface area contributed by atoms with Crippen LogP contribution in [0.5, 0.6) is 5.75 Å². The van der Waals surface area contributed by atoms with Crippen molar-refractivity contribution in [1.82, 2.24) is 4.31 Å². The third-order valence-corrected chi connectivity index (χ3v) is 6.54. The quantitative estimate of drug-likeness (QED) is 0.716. The van der Waals surface area contributed by atoms with E-state index in [9.17, 15) is 18.0 Å². The summed E-state index contributed by atoms with van der Waals surface area (Å²) in [7, 11) is -3.76. The first-order valence-electron chi connectivity index (χ1n) is 9.31. The van der Waals surface area contributed by atoms with Gasteiger partial charge in [-0.15, -0.1) is 0 Å². The number of carbonyl (C=O) groups excluding carboxylic acids is 2. The predicted molar refractivity (Wildman–Crippen MR) is 109 cm³/mol. The summed E-state index contributed by atoms with van der Waals surface area (Å²) in [5, 5.41) is 2.68. The average molecular weight is 417 g/mol. The molecule has 9 heteroatoms. The SMILES string of the molecule is CCOc1ccc(C(=O)Nc2ccc(C(N)=O)cc2)cc1S(=O)(=O)N1CCCC1. The third-order valence-electron chi connectivity index (χ3n) is 4.62. The largest absolute Gasteiger partial charge is 0.492 e. The molecule has 1 heterocycles. The first-order chi connectivity index (χ1) is 13.8. The Morgan fingerprint density at radius 3 is 2.28 bits per heavy atom. The van der Waals surface area contributed by atoms with E-state index in [1.807, 2.05) is 0 Å². The summed E-state index contributed by atoms with van der Waals surface area (Å²) in [6, 6.07) is 10.5. The van der Waals surface area contributed by atoms with Crippen molar-refractivity contribution >= 4 is 27.5 Å². The molecule has 0 unspecified atom stereocenters. The highest BCUT2D eigenvalue weighted by molar-refractivity contribution is 7.89. The van der Waals surface area contributed by atoms with Crippen molar-refractivity contribution < 1.29 is 22.7 Å². The topological polar surface area (TPSA) is 119 Å². The zero-order chi connectivity index (χ0) is 21.0. The lowest BCUT2D eigenvalue weighted by molar-refractivity contribution is 0.0998. The van der Waals surface area contributed by atoms with Gasteiger partial charge in [0.1, 0.15) is 10.6 Å². The van der Waals surface area contributed by atoms with Gasteiger partial charge >= 0.3 is 0 Å². The Kier molecular flexibility index (Phi) is 6.19. The van der Waals surface area contributed by atoms with E-state index in [-0.39, 0.29) is 16.2 Å². The fourth-order valence-corrected chi connectivity index (χ4v) is 4.79. The minimum absolute atomic E-state index is 0.0158. The number of primary amides is 1. The van der Waals surface area contributed by atoms with E-state index in [0.717, 1.165) is 12.8 Å². The van der Waals surface area contributed by atoms with Crippen molar-refractivity contribution in [2.24, 2.45) is 5.73 Å². The van der Waals surface area contributed by atoms with Crippen molar-refractivity contribution in [2.45, 2.75) is 24.7 Å². The maximum Gasteiger partial charge on any atom is 0.255 e. The summed E-state index contributed by atoms with van der Waals surface area (Å²) in [5.74, 6) is -0.814. The molecule has 1 fully saturated rings. The highest BCUT2D eigenvalue weighted by atomic mass is 32.2. The molecule has 0 radical (unpaired) electrons. The fraction of sp³-hybridized carbons (Fsp3) is 0.300. The fourth-order valence-electron chi connectivity index (χ4n) is 3.11. The highest BCUT2D eigenvalue weighted by Crippen LogP contribution is 2.30. The lowest BCUT2D eigenvalue weighted by Gasteiger charge is -2.19. The van der Waals surface area contributed by atoms with Gasteiger partial charge in [-0.2, -0.15) is 4.31 Å². The number of anilines is 1. The number of nitrogens with two attached hydrogens (primary N) is 1. The van der Waals surface area contributed by atoms with Gasteiger partial charge in [-0.1, -0.05) is 0 Å². The second-order valence-corrected chi connectivity index (χ2v) is 8.51. The Balaban J connectivity index is 1.89. The lowest BCUT2D eigenvalue weighted by Crippen LogP contribution is -2.28. The summed E-state index contributed by atoms with van der Waals surface area (Å²) in [4.78, 5) is 23.8. The van der Waals surface area contributed by atoms with Crippen LogP contribution in [0, 0.1) is 0 Å². The summed E-state index contributed by atoms with van der Waals surface area (Å²) in [6.45, 7) is 2.98. The number of nitrogens with zero attached hydrogens (tertiary/aromatic N) is 1. The van der Waals surface area contributed by atoms with E-state index in [0.29, 0.717) is 30.9 Å². The van der Waals surface area contributed by atoms with Crippen LogP contribution in [0.15, 0.2) is 47.4 Å². The minimum atomic E-state index is -3.76. The van der Waals surface area contributed by atoms with Crippen molar-refractivity contribution in [1.29, 1.82) is 0 Å².